The maximum Gasteiger partial charge on any atom is 0.311 e. The highest BCUT2D eigenvalue weighted by Gasteiger charge is 2.15. The highest BCUT2D eigenvalue weighted by atomic mass is 79.9. The van der Waals surface area contributed by atoms with Gasteiger partial charge in [0.15, 0.2) is 5.78 Å². The maximum absolute atomic E-state index is 12.5. The molecule has 0 amide bonds. The van der Waals surface area contributed by atoms with Crippen molar-refractivity contribution in [2.24, 2.45) is 0 Å². The Morgan fingerprint density at radius 1 is 1.18 bits per heavy atom. The molecule has 146 valence electrons. The van der Waals surface area contributed by atoms with Gasteiger partial charge < -0.3 is 17.0 Å². The van der Waals surface area contributed by atoms with Gasteiger partial charge in [-0.2, -0.15) is 0 Å². The van der Waals surface area contributed by atoms with Crippen LogP contribution in [-0.4, -0.2) is 26.9 Å². The quantitative estimate of drug-likeness (QED) is 0.244. The number of rotatable bonds is 6. The number of anilines is 1. The second kappa shape index (κ2) is 11.2. The van der Waals surface area contributed by atoms with Crippen molar-refractivity contribution in [2.45, 2.75) is 13.5 Å². The predicted octanol–water partition coefficient (Wildman–Crippen LogP) is 0.149. The fraction of sp³-hybridized carbons (Fsp3) is 0.150. The summed E-state index contributed by atoms with van der Waals surface area (Å²) in [7, 11) is 0. The first-order valence-corrected chi connectivity index (χ1v) is 10.2. The van der Waals surface area contributed by atoms with Crippen LogP contribution < -0.4 is 27.3 Å². The molecule has 3 N–H and O–H groups in total. The molecule has 0 saturated heterocycles. The summed E-state index contributed by atoms with van der Waals surface area (Å²) in [5, 5.41) is 11.2. The Morgan fingerprint density at radius 2 is 1.89 bits per heavy atom. The fourth-order valence-corrected chi connectivity index (χ4v) is 3.42. The highest BCUT2D eigenvalue weighted by Crippen LogP contribution is 2.14. The smallest absolute Gasteiger partial charge is 0.311 e. The van der Waals surface area contributed by atoms with Crippen LogP contribution in [0.4, 0.5) is 5.82 Å². The Hall–Kier alpha value is -1.90. The van der Waals surface area contributed by atoms with E-state index in [1.165, 1.54) is 11.8 Å². The lowest BCUT2D eigenvalue weighted by atomic mass is 10.2. The van der Waals surface area contributed by atoms with Crippen LogP contribution >= 0.6 is 27.7 Å². The summed E-state index contributed by atoms with van der Waals surface area (Å²) in [5.41, 5.74) is 2.83. The summed E-state index contributed by atoms with van der Waals surface area (Å²) in [5.74, 6) is 1.12. The molecule has 0 bridgehead atoms. The zero-order chi connectivity index (χ0) is 19.1. The molecule has 0 atom stereocenters. The summed E-state index contributed by atoms with van der Waals surface area (Å²) < 4.78 is 0.957. The number of hydrogen-bond acceptors (Lipinski definition) is 3. The van der Waals surface area contributed by atoms with Crippen molar-refractivity contribution in [1.29, 1.82) is 0 Å². The molecule has 8 heteroatoms. The summed E-state index contributed by atoms with van der Waals surface area (Å²) in [6.07, 6.45) is 0. The lowest BCUT2D eigenvalue weighted by Gasteiger charge is -2.03. The normalized spacial score (nSPS) is 11.0. The number of nitrogens with one attached hydrogen (secondary N) is 3. The molecule has 2 aromatic carbocycles. The van der Waals surface area contributed by atoms with Gasteiger partial charge in [-0.25, -0.2) is 5.32 Å². The van der Waals surface area contributed by atoms with Crippen LogP contribution in [0.25, 0.3) is 0 Å². The number of halogens is 2. The van der Waals surface area contributed by atoms with Crippen molar-refractivity contribution < 1.29 is 26.8 Å². The number of amidine groups is 1. The van der Waals surface area contributed by atoms with Crippen molar-refractivity contribution in [2.75, 3.05) is 11.1 Å². The molecule has 3 rings (SSSR count). The zero-order valence-electron chi connectivity index (χ0n) is 15.2. The van der Waals surface area contributed by atoms with Crippen molar-refractivity contribution in [1.82, 2.24) is 10.2 Å². The summed E-state index contributed by atoms with van der Waals surface area (Å²) >= 11 is 4.82. The number of hydrogen-bond donors (Lipinski definition) is 3. The zero-order valence-corrected chi connectivity index (χ0v) is 19.2. The lowest BCUT2D eigenvalue weighted by molar-refractivity contribution is -0.472. The number of thioether (sulfide) groups is 1. The monoisotopic (exact) mass is 522 g/mol. The van der Waals surface area contributed by atoms with Gasteiger partial charge in [-0.15, -0.1) is 5.10 Å². The van der Waals surface area contributed by atoms with E-state index in [4.69, 9.17) is 0 Å². The van der Waals surface area contributed by atoms with Gasteiger partial charge in [-0.05, 0) is 36.4 Å². The second-order valence-corrected chi connectivity index (χ2v) is 7.85. The van der Waals surface area contributed by atoms with E-state index in [-0.39, 0.29) is 22.8 Å². The molecule has 0 fully saturated rings. The van der Waals surface area contributed by atoms with Crippen molar-refractivity contribution in [3.05, 3.63) is 82.0 Å². The number of aromatic amines is 1. The molecule has 0 aliphatic heterocycles. The molecule has 0 radical (unpaired) electrons. The van der Waals surface area contributed by atoms with E-state index in [2.05, 4.69) is 48.6 Å². The average molecular weight is 524 g/mol. The molecule has 28 heavy (non-hydrogen) atoms. The number of H-pyrrole nitrogens is 1. The Kier molecular flexibility index (Phi) is 8.95. The van der Waals surface area contributed by atoms with Gasteiger partial charge in [-0.1, -0.05) is 58.4 Å². The Labute approximate surface area is 187 Å². The van der Waals surface area contributed by atoms with E-state index in [1.54, 1.807) is 0 Å². The van der Waals surface area contributed by atoms with Crippen LogP contribution in [0.2, 0.25) is 0 Å². The summed E-state index contributed by atoms with van der Waals surface area (Å²) in [6.45, 7) is 2.60. The van der Waals surface area contributed by atoms with Crippen LogP contribution in [0.15, 0.2) is 65.1 Å². The minimum absolute atomic E-state index is 0. The molecule has 0 spiro atoms. The van der Waals surface area contributed by atoms with Crippen LogP contribution in [0, 0.1) is 6.92 Å². The second-order valence-electron chi connectivity index (χ2n) is 5.95. The number of nitrogens with zero attached hydrogens (tertiary/aromatic N) is 1. The van der Waals surface area contributed by atoms with Gasteiger partial charge in [0.1, 0.15) is 6.54 Å². The van der Waals surface area contributed by atoms with Crippen LogP contribution in [-0.2, 0) is 6.54 Å². The third-order valence-corrected chi connectivity index (χ3v) is 5.23. The molecule has 3 aromatic rings. The van der Waals surface area contributed by atoms with Gasteiger partial charge in [0.05, 0.1) is 5.75 Å². The van der Waals surface area contributed by atoms with Crippen LogP contribution in [0.1, 0.15) is 21.6 Å². The number of carbonyl (C=O) groups excluding carboxylic acids is 1. The van der Waals surface area contributed by atoms with E-state index in [9.17, 15) is 4.79 Å². The molecule has 0 aliphatic carbocycles. The number of Topliss-reactive ketones (excluding diaryl/α,β-unsaturated/α-hetero) is 1. The molecule has 1 heterocycles. The van der Waals surface area contributed by atoms with E-state index < -0.39 is 0 Å². The molecule has 0 unspecified atom stereocenters. The van der Waals surface area contributed by atoms with E-state index >= 15 is 0 Å². The number of aromatic nitrogens is 2. The first kappa shape index (κ1) is 22.4. The first-order chi connectivity index (χ1) is 13.1. The highest BCUT2D eigenvalue weighted by molar-refractivity contribution is 9.10. The van der Waals surface area contributed by atoms with E-state index in [0.717, 1.165) is 20.9 Å². The van der Waals surface area contributed by atoms with Crippen molar-refractivity contribution in [3.8, 4) is 0 Å². The number of carbonyl (C=O) groups is 1. The number of ketones is 1. The number of benzene rings is 2. The topological polar surface area (TPSA) is 71.8 Å². The molecule has 0 saturated carbocycles. The third-order valence-electron chi connectivity index (χ3n) is 3.76. The van der Waals surface area contributed by atoms with E-state index in [0.29, 0.717) is 23.7 Å². The predicted molar refractivity (Wildman–Crippen MR) is 114 cm³/mol. The van der Waals surface area contributed by atoms with Crippen LogP contribution in [0.5, 0.6) is 0 Å². The Bertz CT molecular complexity index is 927. The minimum atomic E-state index is 0. The summed E-state index contributed by atoms with van der Waals surface area (Å²) in [4.78, 5) is 15.8. The van der Waals surface area contributed by atoms with E-state index in [1.807, 2.05) is 55.5 Å². The molecule has 1 aromatic heterocycles. The largest absolute Gasteiger partial charge is 1.00 e. The van der Waals surface area contributed by atoms with Crippen molar-refractivity contribution in [3.63, 3.8) is 0 Å². The first-order valence-electron chi connectivity index (χ1n) is 8.45. The standard InChI is InChI=1S/C20H19BrN4OS.BrH/c1-14-11-19(25-24-14)23-20(22-12-15-5-3-2-4-6-15)27-13-18(26)16-7-9-17(21)10-8-16;/h2-11H,12-13H2,1H3,(H2,22,23,24,25);1H. The molecule has 5 nitrogen and oxygen atoms in total. The summed E-state index contributed by atoms with van der Waals surface area (Å²) in [6, 6.07) is 19.4. The minimum Gasteiger partial charge on any atom is -1.00 e. The Morgan fingerprint density at radius 3 is 2.54 bits per heavy atom. The third kappa shape index (κ3) is 6.92. The van der Waals surface area contributed by atoms with Gasteiger partial charge in [0, 0.05) is 21.8 Å². The van der Waals surface area contributed by atoms with Gasteiger partial charge in [0.2, 0.25) is 5.82 Å². The molecule has 0 aliphatic rings. The number of aryl methyl sites for hydroxylation is 1. The Balaban J connectivity index is 0.00000280. The van der Waals surface area contributed by atoms with Crippen LogP contribution in [0.3, 0.4) is 0 Å². The average Bonchev–Trinajstić information content (AvgIpc) is 3.10. The van der Waals surface area contributed by atoms with Crippen molar-refractivity contribution >= 4 is 44.5 Å². The SMILES string of the molecule is Cc1cc(NC(=[NH+]Cc2ccccc2)SCC(=O)c2ccc(Br)cc2)n[nH]1.[Br-]. The fourth-order valence-electron chi connectivity index (χ4n) is 2.36. The van der Waals surface area contributed by atoms with Gasteiger partial charge in [0.25, 0.3) is 0 Å². The molecular weight excluding hydrogens is 504 g/mol. The molecular formula is C20H20Br2N4OS. The maximum atomic E-state index is 12.5. The lowest BCUT2D eigenvalue weighted by Crippen LogP contribution is -3.00. The van der Waals surface area contributed by atoms with Gasteiger partial charge in [-0.3, -0.25) is 14.9 Å². The van der Waals surface area contributed by atoms with Gasteiger partial charge >= 0.3 is 5.17 Å².